The molecule has 0 unspecified atom stereocenters. The van der Waals surface area contributed by atoms with Crippen molar-refractivity contribution in [2.75, 3.05) is 12.4 Å². The molecule has 0 radical (unpaired) electrons. The first-order valence-corrected chi connectivity index (χ1v) is 7.17. The molecule has 0 aliphatic carbocycles. The van der Waals surface area contributed by atoms with Crippen LogP contribution in [0.2, 0.25) is 5.02 Å². The number of aromatic nitrogens is 2. The number of rotatable bonds is 4. The number of benzene rings is 1. The van der Waals surface area contributed by atoms with Gasteiger partial charge in [-0.15, -0.1) is 0 Å². The molecule has 4 nitrogen and oxygen atoms in total. The highest BCUT2D eigenvalue weighted by atomic mass is 35.5. The highest BCUT2D eigenvalue weighted by Gasteiger charge is 2.08. The second-order valence-corrected chi connectivity index (χ2v) is 5.26. The zero-order chi connectivity index (χ0) is 14.5. The van der Waals surface area contributed by atoms with Gasteiger partial charge in [-0.2, -0.15) is 5.10 Å². The van der Waals surface area contributed by atoms with Crippen molar-refractivity contribution in [1.29, 1.82) is 0 Å². The Morgan fingerprint density at radius 1 is 1.45 bits per heavy atom. The summed E-state index contributed by atoms with van der Waals surface area (Å²) in [6.07, 6.45) is 1.81. The van der Waals surface area contributed by atoms with E-state index < -0.39 is 0 Å². The van der Waals surface area contributed by atoms with E-state index in [1.165, 1.54) is 0 Å². The minimum atomic E-state index is 0.649. The van der Waals surface area contributed by atoms with Crippen molar-refractivity contribution in [3.8, 4) is 0 Å². The van der Waals surface area contributed by atoms with Crippen LogP contribution in [0.15, 0.2) is 36.5 Å². The van der Waals surface area contributed by atoms with Crippen molar-refractivity contribution in [3.05, 3.63) is 47.2 Å². The fraction of sp³-hybridized carbons (Fsp3) is 0.286. The van der Waals surface area contributed by atoms with Crippen LogP contribution in [-0.2, 0) is 13.1 Å². The lowest BCUT2D eigenvalue weighted by molar-refractivity contribution is 0.471. The summed E-state index contributed by atoms with van der Waals surface area (Å²) in [7, 11) is 1.95. The molecular formula is C14H17ClN4S. The van der Waals surface area contributed by atoms with Gasteiger partial charge in [0.1, 0.15) is 0 Å². The number of halogens is 1. The minimum absolute atomic E-state index is 0.649. The summed E-state index contributed by atoms with van der Waals surface area (Å²) in [6, 6.07) is 9.50. The number of aryl methyl sites for hydroxylation is 1. The SMILES string of the molecule is CCn1nccc1CN(C)C(=S)Nc1cccc(Cl)c1. The van der Waals surface area contributed by atoms with Gasteiger partial charge in [0.05, 0.1) is 12.2 Å². The molecule has 0 amide bonds. The summed E-state index contributed by atoms with van der Waals surface area (Å²) in [5.74, 6) is 0. The van der Waals surface area contributed by atoms with Gasteiger partial charge in [-0.1, -0.05) is 17.7 Å². The summed E-state index contributed by atoms with van der Waals surface area (Å²) in [4.78, 5) is 1.97. The van der Waals surface area contributed by atoms with Crippen LogP contribution in [0.1, 0.15) is 12.6 Å². The molecule has 0 saturated carbocycles. The van der Waals surface area contributed by atoms with Crippen molar-refractivity contribution in [3.63, 3.8) is 0 Å². The molecule has 2 rings (SSSR count). The molecule has 1 aromatic carbocycles. The quantitative estimate of drug-likeness (QED) is 0.878. The Balaban J connectivity index is 1.99. The summed E-state index contributed by atoms with van der Waals surface area (Å²) in [6.45, 7) is 3.63. The van der Waals surface area contributed by atoms with Crippen LogP contribution in [0.3, 0.4) is 0 Å². The maximum absolute atomic E-state index is 5.95. The van der Waals surface area contributed by atoms with Gasteiger partial charge in [0, 0.05) is 30.5 Å². The van der Waals surface area contributed by atoms with Crippen LogP contribution in [-0.4, -0.2) is 26.8 Å². The average Bonchev–Trinajstić information content (AvgIpc) is 2.85. The maximum Gasteiger partial charge on any atom is 0.173 e. The molecule has 0 fully saturated rings. The zero-order valence-electron chi connectivity index (χ0n) is 11.5. The Kier molecular flexibility index (Phi) is 4.98. The van der Waals surface area contributed by atoms with Crippen molar-refractivity contribution >= 4 is 34.6 Å². The number of nitrogens with zero attached hydrogens (tertiary/aromatic N) is 3. The molecule has 106 valence electrons. The lowest BCUT2D eigenvalue weighted by Gasteiger charge is -2.21. The number of thiocarbonyl (C=S) groups is 1. The molecule has 2 aromatic rings. The van der Waals surface area contributed by atoms with Crippen molar-refractivity contribution in [2.45, 2.75) is 20.0 Å². The molecule has 0 spiro atoms. The fourth-order valence-corrected chi connectivity index (χ4v) is 2.25. The molecule has 0 bridgehead atoms. The number of nitrogens with one attached hydrogen (secondary N) is 1. The predicted octanol–water partition coefficient (Wildman–Crippen LogP) is 3.39. The zero-order valence-corrected chi connectivity index (χ0v) is 13.1. The summed E-state index contributed by atoms with van der Waals surface area (Å²) < 4.78 is 1.96. The highest BCUT2D eigenvalue weighted by molar-refractivity contribution is 7.80. The molecule has 1 N–H and O–H groups in total. The van der Waals surface area contributed by atoms with Gasteiger partial charge < -0.3 is 10.2 Å². The topological polar surface area (TPSA) is 33.1 Å². The second kappa shape index (κ2) is 6.72. The van der Waals surface area contributed by atoms with E-state index in [0.717, 1.165) is 17.9 Å². The Hall–Kier alpha value is -1.59. The monoisotopic (exact) mass is 308 g/mol. The van der Waals surface area contributed by atoms with Crippen LogP contribution in [0.25, 0.3) is 0 Å². The lowest BCUT2D eigenvalue weighted by atomic mass is 10.3. The molecule has 6 heteroatoms. The van der Waals surface area contributed by atoms with E-state index >= 15 is 0 Å². The Morgan fingerprint density at radius 2 is 2.25 bits per heavy atom. The summed E-state index contributed by atoms with van der Waals surface area (Å²) in [5.41, 5.74) is 2.02. The number of anilines is 1. The third kappa shape index (κ3) is 3.71. The molecule has 20 heavy (non-hydrogen) atoms. The molecule has 0 aliphatic heterocycles. The van der Waals surface area contributed by atoms with Gasteiger partial charge in [-0.25, -0.2) is 0 Å². The van der Waals surface area contributed by atoms with E-state index in [1.807, 2.05) is 47.0 Å². The van der Waals surface area contributed by atoms with E-state index in [-0.39, 0.29) is 0 Å². The highest BCUT2D eigenvalue weighted by Crippen LogP contribution is 2.15. The van der Waals surface area contributed by atoms with Crippen LogP contribution in [0, 0.1) is 0 Å². The van der Waals surface area contributed by atoms with E-state index in [4.69, 9.17) is 23.8 Å². The standard InChI is InChI=1S/C14H17ClN4S/c1-3-19-13(7-8-16-19)10-18(2)14(20)17-12-6-4-5-11(15)9-12/h4-9H,3,10H2,1-2H3,(H,17,20). The van der Waals surface area contributed by atoms with E-state index in [9.17, 15) is 0 Å². The van der Waals surface area contributed by atoms with Gasteiger partial charge in [0.2, 0.25) is 0 Å². The molecule has 1 heterocycles. The van der Waals surface area contributed by atoms with Crippen LogP contribution in [0.5, 0.6) is 0 Å². The molecule has 0 saturated heterocycles. The largest absolute Gasteiger partial charge is 0.346 e. The van der Waals surface area contributed by atoms with E-state index in [0.29, 0.717) is 16.7 Å². The first-order chi connectivity index (χ1) is 9.60. The maximum atomic E-state index is 5.95. The molecule has 1 aromatic heterocycles. The Morgan fingerprint density at radius 3 is 2.95 bits per heavy atom. The van der Waals surface area contributed by atoms with Gasteiger partial charge in [-0.3, -0.25) is 4.68 Å². The third-order valence-electron chi connectivity index (χ3n) is 2.93. The second-order valence-electron chi connectivity index (χ2n) is 4.43. The van der Waals surface area contributed by atoms with Crippen molar-refractivity contribution in [2.24, 2.45) is 0 Å². The number of hydrogen-bond donors (Lipinski definition) is 1. The van der Waals surface area contributed by atoms with Crippen LogP contribution < -0.4 is 5.32 Å². The smallest absolute Gasteiger partial charge is 0.173 e. The Labute approximate surface area is 129 Å². The van der Waals surface area contributed by atoms with Crippen molar-refractivity contribution in [1.82, 2.24) is 14.7 Å². The van der Waals surface area contributed by atoms with E-state index in [1.54, 1.807) is 6.20 Å². The van der Waals surface area contributed by atoms with Gasteiger partial charge >= 0.3 is 0 Å². The summed E-state index contributed by atoms with van der Waals surface area (Å²) >= 11 is 11.4. The van der Waals surface area contributed by atoms with E-state index in [2.05, 4.69) is 17.3 Å². The Bertz CT molecular complexity index is 596. The third-order valence-corrected chi connectivity index (χ3v) is 3.57. The number of hydrogen-bond acceptors (Lipinski definition) is 2. The fourth-order valence-electron chi connectivity index (χ4n) is 1.88. The van der Waals surface area contributed by atoms with Gasteiger partial charge in [0.25, 0.3) is 0 Å². The first kappa shape index (κ1) is 14.8. The molecular weight excluding hydrogens is 292 g/mol. The van der Waals surface area contributed by atoms with Gasteiger partial charge in [0.15, 0.2) is 5.11 Å². The van der Waals surface area contributed by atoms with Gasteiger partial charge in [-0.05, 0) is 43.4 Å². The minimum Gasteiger partial charge on any atom is -0.346 e. The lowest BCUT2D eigenvalue weighted by Crippen LogP contribution is -2.31. The van der Waals surface area contributed by atoms with Crippen LogP contribution >= 0.6 is 23.8 Å². The molecule has 0 atom stereocenters. The molecule has 0 aliphatic rings. The average molecular weight is 309 g/mol. The summed E-state index contributed by atoms with van der Waals surface area (Å²) in [5, 5.41) is 8.76. The van der Waals surface area contributed by atoms with Crippen LogP contribution in [0.4, 0.5) is 5.69 Å². The predicted molar refractivity (Wildman–Crippen MR) is 87.0 cm³/mol. The van der Waals surface area contributed by atoms with Crippen molar-refractivity contribution < 1.29 is 0 Å². The first-order valence-electron chi connectivity index (χ1n) is 6.38. The normalized spacial score (nSPS) is 10.3.